The number of likely N-dealkylation sites (tertiary alicyclic amines) is 1. The molecule has 1 aliphatic heterocycles. The average Bonchev–Trinajstić information content (AvgIpc) is 2.91. The number of hydrogen-bond donors (Lipinski definition) is 1. The topological polar surface area (TPSA) is 15.3 Å². The predicted octanol–water partition coefficient (Wildman–Crippen LogP) is 3.66. The highest BCUT2D eigenvalue weighted by molar-refractivity contribution is 5.03. The lowest BCUT2D eigenvalue weighted by atomic mass is 9.86. The van der Waals surface area contributed by atoms with Crippen LogP contribution in [0.15, 0.2) is 0 Å². The lowest BCUT2D eigenvalue weighted by Gasteiger charge is -2.40. The average molecular weight is 266 g/mol. The van der Waals surface area contributed by atoms with Crippen LogP contribution in [-0.4, -0.2) is 36.1 Å². The van der Waals surface area contributed by atoms with Crippen molar-refractivity contribution in [3.8, 4) is 0 Å². The molecule has 112 valence electrons. The summed E-state index contributed by atoms with van der Waals surface area (Å²) in [5.74, 6) is 0.804. The van der Waals surface area contributed by atoms with Gasteiger partial charge in [-0.05, 0) is 56.5 Å². The summed E-state index contributed by atoms with van der Waals surface area (Å²) in [5.41, 5.74) is 0.462. The van der Waals surface area contributed by atoms with E-state index in [-0.39, 0.29) is 0 Å². The van der Waals surface area contributed by atoms with Crippen molar-refractivity contribution < 1.29 is 0 Å². The van der Waals surface area contributed by atoms with Gasteiger partial charge in [-0.25, -0.2) is 0 Å². The molecule has 0 aromatic carbocycles. The molecule has 2 aliphatic rings. The quantitative estimate of drug-likeness (QED) is 0.817. The number of nitrogens with one attached hydrogen (secondary N) is 1. The van der Waals surface area contributed by atoms with Crippen molar-refractivity contribution in [3.05, 3.63) is 0 Å². The molecule has 1 aliphatic carbocycles. The Balaban J connectivity index is 2.09. The normalized spacial score (nSPS) is 35.4. The molecule has 0 aromatic heterocycles. The van der Waals surface area contributed by atoms with E-state index in [1.165, 1.54) is 45.2 Å². The second kappa shape index (κ2) is 6.13. The van der Waals surface area contributed by atoms with Crippen LogP contribution in [0.25, 0.3) is 0 Å². The Morgan fingerprint density at radius 2 is 2.00 bits per heavy atom. The Bertz CT molecular complexity index is 285. The molecule has 2 fully saturated rings. The van der Waals surface area contributed by atoms with Crippen molar-refractivity contribution in [1.82, 2.24) is 10.2 Å². The molecule has 0 radical (unpaired) electrons. The summed E-state index contributed by atoms with van der Waals surface area (Å²) in [6.07, 6.45) is 6.82. The van der Waals surface area contributed by atoms with Crippen LogP contribution < -0.4 is 5.32 Å². The van der Waals surface area contributed by atoms with Crippen molar-refractivity contribution in [2.24, 2.45) is 11.3 Å². The summed E-state index contributed by atoms with van der Waals surface area (Å²) in [6.45, 7) is 14.5. The van der Waals surface area contributed by atoms with Gasteiger partial charge < -0.3 is 5.32 Å². The monoisotopic (exact) mass is 266 g/mol. The molecule has 3 atom stereocenters. The Kier molecular flexibility index (Phi) is 4.94. The van der Waals surface area contributed by atoms with Gasteiger partial charge >= 0.3 is 0 Å². The zero-order valence-electron chi connectivity index (χ0n) is 13.7. The fraction of sp³-hybridized carbons (Fsp3) is 1.00. The van der Waals surface area contributed by atoms with Gasteiger partial charge in [0, 0.05) is 18.1 Å². The fourth-order valence-corrected chi connectivity index (χ4v) is 4.38. The second-order valence-corrected chi connectivity index (χ2v) is 7.72. The standard InChI is InChI=1S/C17H34N2/c1-6-11-18-16-15(9-10-17(16,4)5)19-12-7-8-14(19)13(2)3/h13-16,18H,6-12H2,1-5H3. The van der Waals surface area contributed by atoms with Crippen molar-refractivity contribution in [1.29, 1.82) is 0 Å². The molecule has 0 amide bonds. The first-order chi connectivity index (χ1) is 8.97. The molecule has 1 saturated heterocycles. The first-order valence-corrected chi connectivity index (χ1v) is 8.46. The maximum absolute atomic E-state index is 3.87. The summed E-state index contributed by atoms with van der Waals surface area (Å²) in [6, 6.07) is 2.29. The zero-order valence-corrected chi connectivity index (χ0v) is 13.7. The minimum absolute atomic E-state index is 0.462. The fourth-order valence-electron chi connectivity index (χ4n) is 4.38. The van der Waals surface area contributed by atoms with Gasteiger partial charge in [0.05, 0.1) is 0 Å². The van der Waals surface area contributed by atoms with Gasteiger partial charge in [0.1, 0.15) is 0 Å². The Hall–Kier alpha value is -0.0800. The van der Waals surface area contributed by atoms with Crippen LogP contribution in [0, 0.1) is 11.3 Å². The summed E-state index contributed by atoms with van der Waals surface area (Å²) in [7, 11) is 0. The maximum Gasteiger partial charge on any atom is 0.0274 e. The van der Waals surface area contributed by atoms with Crippen molar-refractivity contribution in [2.75, 3.05) is 13.1 Å². The first-order valence-electron chi connectivity index (χ1n) is 8.46. The van der Waals surface area contributed by atoms with E-state index >= 15 is 0 Å². The van der Waals surface area contributed by atoms with Crippen LogP contribution in [0.1, 0.15) is 66.7 Å². The SMILES string of the molecule is CCCNC1C(N2CCCC2C(C)C)CCC1(C)C. The van der Waals surface area contributed by atoms with E-state index in [0.717, 1.165) is 18.0 Å². The van der Waals surface area contributed by atoms with E-state index in [9.17, 15) is 0 Å². The van der Waals surface area contributed by atoms with Crippen LogP contribution in [0.4, 0.5) is 0 Å². The minimum Gasteiger partial charge on any atom is -0.312 e. The number of nitrogens with zero attached hydrogens (tertiary/aromatic N) is 1. The first kappa shape index (κ1) is 15.3. The lowest BCUT2D eigenvalue weighted by Crippen LogP contribution is -2.54. The third-order valence-corrected chi connectivity index (χ3v) is 5.46. The number of hydrogen-bond acceptors (Lipinski definition) is 2. The van der Waals surface area contributed by atoms with E-state index in [2.05, 4.69) is 44.8 Å². The van der Waals surface area contributed by atoms with Gasteiger partial charge in [0.25, 0.3) is 0 Å². The van der Waals surface area contributed by atoms with Gasteiger partial charge in [-0.1, -0.05) is 34.6 Å². The molecule has 1 heterocycles. The van der Waals surface area contributed by atoms with Gasteiger partial charge in [0.2, 0.25) is 0 Å². The second-order valence-electron chi connectivity index (χ2n) is 7.72. The molecule has 2 nitrogen and oxygen atoms in total. The van der Waals surface area contributed by atoms with Crippen LogP contribution >= 0.6 is 0 Å². The zero-order chi connectivity index (χ0) is 14.0. The molecular formula is C17H34N2. The van der Waals surface area contributed by atoms with Gasteiger partial charge in [-0.15, -0.1) is 0 Å². The van der Waals surface area contributed by atoms with Crippen LogP contribution in [0.2, 0.25) is 0 Å². The van der Waals surface area contributed by atoms with Crippen LogP contribution in [-0.2, 0) is 0 Å². The lowest BCUT2D eigenvalue weighted by molar-refractivity contribution is 0.109. The molecule has 1 N–H and O–H groups in total. The Labute approximate surface area is 120 Å². The highest BCUT2D eigenvalue weighted by Gasteiger charge is 2.46. The van der Waals surface area contributed by atoms with E-state index in [0.29, 0.717) is 11.5 Å². The molecule has 3 unspecified atom stereocenters. The van der Waals surface area contributed by atoms with Crippen molar-refractivity contribution in [3.63, 3.8) is 0 Å². The summed E-state index contributed by atoms with van der Waals surface area (Å²) in [5, 5.41) is 3.87. The maximum atomic E-state index is 3.87. The third kappa shape index (κ3) is 3.16. The Morgan fingerprint density at radius 3 is 2.63 bits per heavy atom. The molecule has 1 saturated carbocycles. The summed E-state index contributed by atoms with van der Waals surface area (Å²) in [4.78, 5) is 2.85. The highest BCUT2D eigenvalue weighted by atomic mass is 15.2. The molecule has 2 rings (SSSR count). The molecule has 0 bridgehead atoms. The van der Waals surface area contributed by atoms with Crippen molar-refractivity contribution >= 4 is 0 Å². The van der Waals surface area contributed by atoms with Crippen LogP contribution in [0.5, 0.6) is 0 Å². The largest absolute Gasteiger partial charge is 0.312 e. The molecule has 0 spiro atoms. The minimum atomic E-state index is 0.462. The summed E-state index contributed by atoms with van der Waals surface area (Å²) < 4.78 is 0. The van der Waals surface area contributed by atoms with Gasteiger partial charge in [-0.2, -0.15) is 0 Å². The van der Waals surface area contributed by atoms with Gasteiger partial charge in [-0.3, -0.25) is 4.90 Å². The molecular weight excluding hydrogens is 232 g/mol. The summed E-state index contributed by atoms with van der Waals surface area (Å²) >= 11 is 0. The molecule has 2 heteroatoms. The van der Waals surface area contributed by atoms with E-state index < -0.39 is 0 Å². The van der Waals surface area contributed by atoms with Crippen molar-refractivity contribution in [2.45, 2.75) is 84.8 Å². The molecule has 19 heavy (non-hydrogen) atoms. The van der Waals surface area contributed by atoms with E-state index in [1.54, 1.807) is 0 Å². The smallest absolute Gasteiger partial charge is 0.0274 e. The van der Waals surface area contributed by atoms with Gasteiger partial charge in [0.15, 0.2) is 0 Å². The van der Waals surface area contributed by atoms with E-state index in [4.69, 9.17) is 0 Å². The van der Waals surface area contributed by atoms with E-state index in [1.807, 2.05) is 0 Å². The third-order valence-electron chi connectivity index (χ3n) is 5.46. The van der Waals surface area contributed by atoms with Crippen LogP contribution in [0.3, 0.4) is 0 Å². The number of rotatable bonds is 5. The predicted molar refractivity (Wildman–Crippen MR) is 83.5 cm³/mol. The molecule has 0 aromatic rings. The Morgan fingerprint density at radius 1 is 1.26 bits per heavy atom. The highest BCUT2D eigenvalue weighted by Crippen LogP contribution is 2.42.